The molecule has 2 N–H and O–H groups in total. The first-order valence-electron chi connectivity index (χ1n) is 7.47. The van der Waals surface area contributed by atoms with Gasteiger partial charge in [-0.15, -0.1) is 0 Å². The Morgan fingerprint density at radius 3 is 3.14 bits per heavy atom. The first-order chi connectivity index (χ1) is 10.3. The van der Waals surface area contributed by atoms with Crippen LogP contribution in [0.5, 0.6) is 0 Å². The van der Waals surface area contributed by atoms with E-state index in [0.717, 1.165) is 34.7 Å². The number of H-pyrrole nitrogens is 1. The number of fused-ring (bicyclic) bond motifs is 1. The number of unbranched alkanes of at least 4 members (excludes halogenated alkanes) is 1. The predicted octanol–water partition coefficient (Wildman–Crippen LogP) is 4.82. The molecule has 1 amide bonds. The van der Waals surface area contributed by atoms with E-state index in [9.17, 15) is 4.79 Å². The van der Waals surface area contributed by atoms with Gasteiger partial charge in [0.15, 0.2) is 0 Å². The Hall–Kier alpha value is -1.07. The zero-order chi connectivity index (χ0) is 14.5. The fourth-order valence-electron chi connectivity index (χ4n) is 2.63. The first kappa shape index (κ1) is 14.9. The molecule has 1 aliphatic heterocycles. The number of hydrogen-bond donors (Lipinski definition) is 2. The molecule has 1 aliphatic rings. The number of amides is 1. The third-order valence-corrected chi connectivity index (χ3v) is 6.78. The SMILES string of the molecule is O=C(CCCCC1CCSS1)Nc1cccc2[nH]ccc12. The Bertz CT molecular complexity index is 605. The van der Waals surface area contributed by atoms with Gasteiger partial charge in [0, 0.05) is 34.5 Å². The molecule has 0 aliphatic carbocycles. The fourth-order valence-corrected chi connectivity index (χ4v) is 5.66. The van der Waals surface area contributed by atoms with Crippen LogP contribution in [-0.4, -0.2) is 21.9 Å². The lowest BCUT2D eigenvalue weighted by molar-refractivity contribution is -0.116. The van der Waals surface area contributed by atoms with Crippen LogP contribution in [0.25, 0.3) is 10.9 Å². The molecule has 1 aromatic heterocycles. The molecule has 0 spiro atoms. The summed E-state index contributed by atoms with van der Waals surface area (Å²) in [6, 6.07) is 7.94. The Labute approximate surface area is 133 Å². The minimum absolute atomic E-state index is 0.122. The van der Waals surface area contributed by atoms with Gasteiger partial charge in [0.05, 0.1) is 5.69 Å². The summed E-state index contributed by atoms with van der Waals surface area (Å²) in [5.74, 6) is 1.41. The van der Waals surface area contributed by atoms with Crippen molar-refractivity contribution in [3.05, 3.63) is 30.5 Å². The third kappa shape index (κ3) is 3.98. The highest BCUT2D eigenvalue weighted by atomic mass is 33.1. The lowest BCUT2D eigenvalue weighted by atomic mass is 10.1. The minimum Gasteiger partial charge on any atom is -0.361 e. The molecule has 0 saturated carbocycles. The van der Waals surface area contributed by atoms with Crippen LogP contribution in [-0.2, 0) is 4.79 Å². The van der Waals surface area contributed by atoms with E-state index in [0.29, 0.717) is 6.42 Å². The van der Waals surface area contributed by atoms with Crippen molar-refractivity contribution in [1.29, 1.82) is 0 Å². The Balaban J connectivity index is 1.44. The van der Waals surface area contributed by atoms with Crippen molar-refractivity contribution in [2.24, 2.45) is 0 Å². The Morgan fingerprint density at radius 1 is 1.33 bits per heavy atom. The maximum Gasteiger partial charge on any atom is 0.224 e. The van der Waals surface area contributed by atoms with Gasteiger partial charge in [0.2, 0.25) is 5.91 Å². The fraction of sp³-hybridized carbons (Fsp3) is 0.438. The molecule has 1 saturated heterocycles. The zero-order valence-electron chi connectivity index (χ0n) is 11.9. The predicted molar refractivity (Wildman–Crippen MR) is 93.9 cm³/mol. The van der Waals surface area contributed by atoms with Gasteiger partial charge in [-0.2, -0.15) is 0 Å². The number of aromatic nitrogens is 1. The first-order valence-corrected chi connectivity index (χ1v) is 9.85. The molecule has 1 fully saturated rings. The Kier molecular flexibility index (Phi) is 5.14. The normalized spacial score (nSPS) is 18.2. The van der Waals surface area contributed by atoms with Crippen molar-refractivity contribution in [3.8, 4) is 0 Å². The van der Waals surface area contributed by atoms with Gasteiger partial charge in [0.1, 0.15) is 0 Å². The summed E-state index contributed by atoms with van der Waals surface area (Å²) in [6.45, 7) is 0. The van der Waals surface area contributed by atoms with E-state index < -0.39 is 0 Å². The van der Waals surface area contributed by atoms with Gasteiger partial charge in [-0.25, -0.2) is 0 Å². The summed E-state index contributed by atoms with van der Waals surface area (Å²) in [7, 11) is 4.00. The number of rotatable bonds is 6. The maximum atomic E-state index is 12.0. The number of benzene rings is 1. The number of carbonyl (C=O) groups excluding carboxylic acids is 1. The van der Waals surface area contributed by atoms with Gasteiger partial charge < -0.3 is 10.3 Å². The number of nitrogens with one attached hydrogen (secondary N) is 2. The molecule has 21 heavy (non-hydrogen) atoms. The minimum atomic E-state index is 0.122. The average molecular weight is 320 g/mol. The molecule has 2 aromatic rings. The molecule has 1 atom stereocenters. The second kappa shape index (κ2) is 7.27. The van der Waals surface area contributed by atoms with E-state index in [2.05, 4.69) is 10.3 Å². The van der Waals surface area contributed by atoms with Crippen LogP contribution in [0.4, 0.5) is 5.69 Å². The van der Waals surface area contributed by atoms with Crippen LogP contribution in [0, 0.1) is 0 Å². The smallest absolute Gasteiger partial charge is 0.224 e. The third-order valence-electron chi connectivity index (χ3n) is 3.78. The van der Waals surface area contributed by atoms with Crippen molar-refractivity contribution in [1.82, 2.24) is 4.98 Å². The van der Waals surface area contributed by atoms with Crippen LogP contribution in [0.2, 0.25) is 0 Å². The van der Waals surface area contributed by atoms with Crippen molar-refractivity contribution in [2.75, 3.05) is 11.1 Å². The summed E-state index contributed by atoms with van der Waals surface area (Å²) < 4.78 is 0. The van der Waals surface area contributed by atoms with Crippen molar-refractivity contribution in [2.45, 2.75) is 37.4 Å². The highest BCUT2D eigenvalue weighted by Gasteiger charge is 2.15. The van der Waals surface area contributed by atoms with Gasteiger partial charge in [-0.3, -0.25) is 4.79 Å². The lowest BCUT2D eigenvalue weighted by Gasteiger charge is -2.08. The number of carbonyl (C=O) groups is 1. The topological polar surface area (TPSA) is 44.9 Å². The second-order valence-corrected chi connectivity index (χ2v) is 8.15. The van der Waals surface area contributed by atoms with Gasteiger partial charge in [-0.05, 0) is 37.5 Å². The highest BCUT2D eigenvalue weighted by molar-refractivity contribution is 8.77. The van der Waals surface area contributed by atoms with E-state index in [-0.39, 0.29) is 5.91 Å². The molecule has 5 heteroatoms. The summed E-state index contributed by atoms with van der Waals surface area (Å²) in [5.41, 5.74) is 1.96. The summed E-state index contributed by atoms with van der Waals surface area (Å²) >= 11 is 0. The van der Waals surface area contributed by atoms with Gasteiger partial charge >= 0.3 is 0 Å². The van der Waals surface area contributed by atoms with Crippen molar-refractivity contribution in [3.63, 3.8) is 0 Å². The molecule has 3 nitrogen and oxygen atoms in total. The monoisotopic (exact) mass is 320 g/mol. The van der Waals surface area contributed by atoms with Crippen molar-refractivity contribution >= 4 is 44.1 Å². The molecule has 1 aromatic carbocycles. The molecule has 0 radical (unpaired) electrons. The summed E-state index contributed by atoms with van der Waals surface area (Å²) in [4.78, 5) is 15.2. The maximum absolute atomic E-state index is 12.0. The van der Waals surface area contributed by atoms with Crippen LogP contribution in [0.15, 0.2) is 30.5 Å². The zero-order valence-corrected chi connectivity index (χ0v) is 13.6. The number of anilines is 1. The number of hydrogen-bond acceptors (Lipinski definition) is 3. The quantitative estimate of drug-likeness (QED) is 0.592. The van der Waals surface area contributed by atoms with E-state index >= 15 is 0 Å². The van der Waals surface area contributed by atoms with E-state index in [1.807, 2.05) is 52.1 Å². The number of aromatic amines is 1. The summed E-state index contributed by atoms with van der Waals surface area (Å²) in [5, 5.41) is 4.92. The standard InChI is InChI=1S/C16H20N2OS2/c19-16(7-2-1-4-12-9-11-20-21-12)18-15-6-3-5-14-13(15)8-10-17-14/h3,5-6,8,10,12,17H,1-2,4,7,9,11H2,(H,18,19). The molecule has 1 unspecified atom stereocenters. The molecular weight excluding hydrogens is 300 g/mol. The molecular formula is C16H20N2OS2. The second-order valence-electron chi connectivity index (χ2n) is 5.37. The van der Waals surface area contributed by atoms with Gasteiger partial charge in [0.25, 0.3) is 0 Å². The van der Waals surface area contributed by atoms with Crippen LogP contribution >= 0.6 is 21.6 Å². The molecule has 3 rings (SSSR count). The van der Waals surface area contributed by atoms with E-state index in [4.69, 9.17) is 0 Å². The Morgan fingerprint density at radius 2 is 2.29 bits per heavy atom. The average Bonchev–Trinajstić information content (AvgIpc) is 3.15. The van der Waals surface area contributed by atoms with Crippen LogP contribution < -0.4 is 5.32 Å². The van der Waals surface area contributed by atoms with E-state index in [1.165, 1.54) is 18.6 Å². The van der Waals surface area contributed by atoms with Crippen LogP contribution in [0.1, 0.15) is 32.1 Å². The highest BCUT2D eigenvalue weighted by Crippen LogP contribution is 2.39. The largest absolute Gasteiger partial charge is 0.361 e. The lowest BCUT2D eigenvalue weighted by Crippen LogP contribution is -2.11. The summed E-state index contributed by atoms with van der Waals surface area (Å²) in [6.07, 6.45) is 7.23. The molecule has 2 heterocycles. The van der Waals surface area contributed by atoms with Gasteiger partial charge in [-0.1, -0.05) is 34.1 Å². The van der Waals surface area contributed by atoms with Crippen LogP contribution in [0.3, 0.4) is 0 Å². The molecule has 0 bridgehead atoms. The molecule has 112 valence electrons. The van der Waals surface area contributed by atoms with Crippen molar-refractivity contribution < 1.29 is 4.79 Å². The van der Waals surface area contributed by atoms with E-state index in [1.54, 1.807) is 0 Å².